The fraction of sp³-hybridized carbons (Fsp3) is 0.200. The van der Waals surface area contributed by atoms with E-state index in [2.05, 4.69) is 22.1 Å². The number of amides is 2. The lowest BCUT2D eigenvalue weighted by Crippen LogP contribution is -2.47. The van der Waals surface area contributed by atoms with Crippen molar-refractivity contribution >= 4 is 47.2 Å². The molecule has 0 unspecified atom stereocenters. The van der Waals surface area contributed by atoms with Gasteiger partial charge in [-0.25, -0.2) is 5.84 Å². The van der Waals surface area contributed by atoms with E-state index >= 15 is 0 Å². The van der Waals surface area contributed by atoms with Gasteiger partial charge in [0.1, 0.15) is 30.3 Å². The Kier molecular flexibility index (Phi) is 29.6. The molecule has 0 radical (unpaired) electrons. The summed E-state index contributed by atoms with van der Waals surface area (Å²) in [5, 5.41) is 57.0. The summed E-state index contributed by atoms with van der Waals surface area (Å²) in [6.07, 6.45) is -1.24. The normalized spacial score (nSPS) is 8.95. The monoisotopic (exact) mass is 832 g/mol. The van der Waals surface area contributed by atoms with E-state index in [0.717, 1.165) is 18.2 Å². The van der Waals surface area contributed by atoms with E-state index in [1.807, 2.05) is 72.8 Å². The molecule has 60 heavy (non-hydrogen) atoms. The summed E-state index contributed by atoms with van der Waals surface area (Å²) in [5.74, 6) is 6.97. The molecule has 0 aromatic heterocycles. The van der Waals surface area contributed by atoms with Crippen LogP contribution in [0.4, 0.5) is 0 Å². The Morgan fingerprint density at radius 1 is 0.567 bits per heavy atom. The number of carboxylic acids is 2. The molecule has 0 aliphatic rings. The number of aliphatic hydroxyl groups is 1. The number of benzene rings is 4. The number of carbonyl (C=O) groups is 4. The molecule has 0 heterocycles. The van der Waals surface area contributed by atoms with Crippen LogP contribution in [0.25, 0.3) is 0 Å². The van der Waals surface area contributed by atoms with Crippen LogP contribution in [-0.4, -0.2) is 120 Å². The fourth-order valence-corrected chi connectivity index (χ4v) is 3.93. The molecule has 14 N–H and O–H groups in total. The number of hydrogen-bond acceptors (Lipinski definition) is 13. The van der Waals surface area contributed by atoms with Gasteiger partial charge in [0.15, 0.2) is 0 Å². The van der Waals surface area contributed by atoms with Crippen LogP contribution in [0, 0.1) is 21.6 Å². The van der Waals surface area contributed by atoms with Gasteiger partial charge in [-0.2, -0.15) is 0 Å². The molecule has 0 saturated heterocycles. The van der Waals surface area contributed by atoms with Crippen molar-refractivity contribution in [1.82, 2.24) is 31.3 Å². The van der Waals surface area contributed by atoms with Crippen molar-refractivity contribution in [3.63, 3.8) is 0 Å². The Hall–Kier alpha value is -7.52. The largest absolute Gasteiger partial charge is 0.481 e. The number of nitrogens with one attached hydrogen (secondary N) is 7. The van der Waals surface area contributed by atoms with E-state index in [-0.39, 0.29) is 17.6 Å². The van der Waals surface area contributed by atoms with Gasteiger partial charge in [-0.05, 0) is 19.2 Å². The zero-order valence-corrected chi connectivity index (χ0v) is 34.3. The summed E-state index contributed by atoms with van der Waals surface area (Å²) in [6.45, 7) is 0. The summed E-state index contributed by atoms with van der Waals surface area (Å²) in [7, 11) is 8.86. The molecule has 0 atom stereocenters. The number of amidine groups is 3. The number of hydrazine groups is 4. The number of nitrogens with zero attached hydrogens (tertiary/aromatic N) is 3. The average Bonchev–Trinajstić information content (AvgIpc) is 3.24. The quantitative estimate of drug-likeness (QED) is 0.0398. The summed E-state index contributed by atoms with van der Waals surface area (Å²) < 4.78 is 4.72. The Morgan fingerprint density at radius 2 is 0.833 bits per heavy atom. The summed E-state index contributed by atoms with van der Waals surface area (Å²) in [6, 6.07) is 36.6. The van der Waals surface area contributed by atoms with Gasteiger partial charge in [0.25, 0.3) is 0 Å². The fourth-order valence-electron chi connectivity index (χ4n) is 3.93. The van der Waals surface area contributed by atoms with Gasteiger partial charge >= 0.3 is 11.9 Å². The number of nitrogens with two attached hydrogens (primary N) is 2. The summed E-state index contributed by atoms with van der Waals surface area (Å²) >= 11 is 0. The molecule has 0 fully saturated rings. The Bertz CT molecular complexity index is 1810. The van der Waals surface area contributed by atoms with E-state index < -0.39 is 36.6 Å². The highest BCUT2D eigenvalue weighted by Crippen LogP contribution is 2.04. The average molecular weight is 833 g/mol. The topological polar surface area (TPSA) is 331 Å². The maximum Gasteiger partial charge on any atom is 0.314 e. The van der Waals surface area contributed by atoms with Crippen molar-refractivity contribution in [3.05, 3.63) is 144 Å². The minimum atomic E-state index is -1.31. The maximum absolute atomic E-state index is 12.0. The number of aliphatic carboxylic acids is 2. The third kappa shape index (κ3) is 24.9. The maximum atomic E-state index is 12.0. The van der Waals surface area contributed by atoms with E-state index in [9.17, 15) is 19.2 Å². The van der Waals surface area contributed by atoms with Gasteiger partial charge in [0, 0.05) is 50.5 Å². The number of carboxylic acid groups (broad SMARTS) is 2. The Balaban J connectivity index is 0. The van der Waals surface area contributed by atoms with Crippen molar-refractivity contribution < 1.29 is 39.2 Å². The van der Waals surface area contributed by atoms with Gasteiger partial charge in [-0.3, -0.25) is 78.0 Å². The number of methoxy groups -OCH3 is 1. The lowest BCUT2D eigenvalue weighted by molar-refractivity contribution is -0.147. The predicted molar refractivity (Wildman–Crippen MR) is 230 cm³/mol. The van der Waals surface area contributed by atoms with Gasteiger partial charge in [0.05, 0.1) is 7.11 Å². The molecule has 0 bridgehead atoms. The van der Waals surface area contributed by atoms with Crippen LogP contribution in [-0.2, 0) is 23.9 Å². The highest BCUT2D eigenvalue weighted by molar-refractivity contribution is 6.02. The highest BCUT2D eigenvalue weighted by Gasteiger charge is 2.16. The predicted octanol–water partition coefficient (Wildman–Crippen LogP) is 2.06. The van der Waals surface area contributed by atoms with E-state index in [4.69, 9.17) is 47.5 Å². The molecule has 4 aromatic carbocycles. The minimum absolute atomic E-state index is 0.104. The number of aliphatic hydroxyl groups excluding tert-OH is 1. The number of hydrogen-bond donors (Lipinski definition) is 12. The van der Waals surface area contributed by atoms with Gasteiger partial charge < -0.3 is 20.1 Å². The first-order valence-corrected chi connectivity index (χ1v) is 17.4. The van der Waals surface area contributed by atoms with Crippen LogP contribution in [0.15, 0.2) is 121 Å². The summed E-state index contributed by atoms with van der Waals surface area (Å²) in [4.78, 5) is 42.9. The molecule has 0 aliphatic heterocycles. The smallest absolute Gasteiger partial charge is 0.314 e. The number of rotatable bonds is 8. The second-order valence-corrected chi connectivity index (χ2v) is 11.3. The second kappa shape index (κ2) is 32.6. The van der Waals surface area contributed by atoms with Gasteiger partial charge in [-0.1, -0.05) is 109 Å². The zero-order chi connectivity index (χ0) is 46.0. The van der Waals surface area contributed by atoms with Gasteiger partial charge in [-0.15, -0.1) is 0 Å². The SMILES string of the molecule is CN(N)C(=N)c1ccccc1.CN(NC(=O)CC(=O)NN(C)C(=N)c1ccccc1)C(=N)c1ccccc1.CNN.CO.COC(=N)c1ccccc1.O=C(O)CC(=O)O. The number of carbonyl (C=O) groups excluding carboxylic acids is 2. The van der Waals surface area contributed by atoms with E-state index in [0.29, 0.717) is 17.0 Å². The molecule has 0 saturated carbocycles. The van der Waals surface area contributed by atoms with Crippen LogP contribution in [0.3, 0.4) is 0 Å². The first-order valence-electron chi connectivity index (χ1n) is 17.4. The zero-order valence-electron chi connectivity index (χ0n) is 34.3. The van der Waals surface area contributed by atoms with E-state index in [1.54, 1.807) is 62.6 Å². The van der Waals surface area contributed by atoms with Crippen LogP contribution < -0.4 is 28.0 Å². The van der Waals surface area contributed by atoms with E-state index in [1.165, 1.54) is 36.2 Å². The van der Waals surface area contributed by atoms with Crippen LogP contribution in [0.2, 0.25) is 0 Å². The standard InChI is InChI=1S/C19H22N6O2.C8H11N3.C8H9NO.C3H4O4.CH6N2.CH4O/c1-24(18(20)14-9-5-3-6-10-14)22-16(26)13-17(27)23-25(2)19(21)15-11-7-4-8-12-15;1-11(10)8(9)7-5-3-2-4-6-7;1-10-8(9)7-5-3-2-4-6-7;4-2(5)1-3(6)7;1-3-2;1-2/h3-12,20-21H,13H2,1-2H3,(H,22,26)(H,23,27);2-6,9H,10H2,1H3;2-6,9H,1H3;1H2,(H,4,5)(H,6,7);3H,2H2,1H3;2H,1H3. The van der Waals surface area contributed by atoms with Crippen molar-refractivity contribution in [2.75, 3.05) is 42.4 Å². The molecule has 4 rings (SSSR count). The first kappa shape index (κ1) is 54.6. The minimum Gasteiger partial charge on any atom is -0.481 e. The Labute approximate surface area is 349 Å². The third-order valence-corrected chi connectivity index (χ3v) is 6.61. The molecule has 20 nitrogen and oxygen atoms in total. The summed E-state index contributed by atoms with van der Waals surface area (Å²) in [5.41, 5.74) is 10.1. The lowest BCUT2D eigenvalue weighted by atomic mass is 10.2. The van der Waals surface area contributed by atoms with Crippen molar-refractivity contribution in [3.8, 4) is 0 Å². The Morgan fingerprint density at radius 3 is 1.07 bits per heavy atom. The molecule has 324 valence electrons. The van der Waals surface area contributed by atoms with Crippen LogP contribution in [0.1, 0.15) is 35.1 Å². The molecular formula is C40H56N12O8. The lowest BCUT2D eigenvalue weighted by Gasteiger charge is -2.22. The molecule has 0 spiro atoms. The van der Waals surface area contributed by atoms with Gasteiger partial charge in [0.2, 0.25) is 17.7 Å². The molecule has 20 heteroatoms. The molecular weight excluding hydrogens is 777 g/mol. The molecule has 4 aromatic rings. The third-order valence-electron chi connectivity index (χ3n) is 6.61. The molecule has 0 aliphatic carbocycles. The highest BCUT2D eigenvalue weighted by atomic mass is 16.5. The van der Waals surface area contributed by atoms with Crippen LogP contribution in [0.5, 0.6) is 0 Å². The second-order valence-electron chi connectivity index (χ2n) is 11.3. The van der Waals surface area contributed by atoms with Crippen molar-refractivity contribution in [2.24, 2.45) is 11.7 Å². The molecule has 2 amide bonds. The van der Waals surface area contributed by atoms with Crippen molar-refractivity contribution in [2.45, 2.75) is 12.8 Å². The van der Waals surface area contributed by atoms with Crippen molar-refractivity contribution in [1.29, 1.82) is 21.6 Å². The first-order chi connectivity index (χ1) is 28.5. The van der Waals surface area contributed by atoms with Crippen LogP contribution >= 0.6 is 0 Å². The number of ether oxygens (including phenoxy) is 1.